The van der Waals surface area contributed by atoms with Crippen molar-refractivity contribution in [2.24, 2.45) is 0 Å². The predicted octanol–water partition coefficient (Wildman–Crippen LogP) is 2.77. The van der Waals surface area contributed by atoms with Crippen molar-refractivity contribution in [1.29, 1.82) is 0 Å². The molecule has 8 heteroatoms. The Balaban J connectivity index is 1.59. The predicted molar refractivity (Wildman–Crippen MR) is 100 cm³/mol. The van der Waals surface area contributed by atoms with E-state index < -0.39 is 10.0 Å². The van der Waals surface area contributed by atoms with Gasteiger partial charge < -0.3 is 9.47 Å². The molecule has 27 heavy (non-hydrogen) atoms. The van der Waals surface area contributed by atoms with E-state index in [0.29, 0.717) is 19.8 Å². The van der Waals surface area contributed by atoms with Crippen molar-refractivity contribution in [3.8, 4) is 5.75 Å². The largest absolute Gasteiger partial charge is 0.497 e. The lowest BCUT2D eigenvalue weighted by Crippen LogP contribution is -2.30. The number of methoxy groups -OCH3 is 1. The van der Waals surface area contributed by atoms with E-state index in [0.717, 1.165) is 37.0 Å². The molecule has 0 amide bonds. The van der Waals surface area contributed by atoms with Crippen LogP contribution in [0.1, 0.15) is 43.3 Å². The Bertz CT molecular complexity index is 890. The molecule has 2 aliphatic rings. The molecule has 0 unspecified atom stereocenters. The molecule has 0 N–H and O–H groups in total. The Kier molecular flexibility index (Phi) is 5.21. The monoisotopic (exact) mass is 391 g/mol. The van der Waals surface area contributed by atoms with Gasteiger partial charge in [0.2, 0.25) is 10.0 Å². The first-order chi connectivity index (χ1) is 13.1. The first-order valence-electron chi connectivity index (χ1n) is 9.37. The van der Waals surface area contributed by atoms with Gasteiger partial charge in [-0.05, 0) is 43.4 Å². The molecular weight excluding hydrogens is 366 g/mol. The molecule has 1 aromatic heterocycles. The highest BCUT2D eigenvalue weighted by Crippen LogP contribution is 2.37. The molecule has 2 saturated heterocycles. The van der Waals surface area contributed by atoms with Crippen LogP contribution in [0.2, 0.25) is 0 Å². The summed E-state index contributed by atoms with van der Waals surface area (Å²) < 4.78 is 40.6. The van der Waals surface area contributed by atoms with Crippen molar-refractivity contribution < 1.29 is 17.9 Å². The molecule has 2 aliphatic heterocycles. The Morgan fingerprint density at radius 1 is 1.22 bits per heavy atom. The number of rotatable bonds is 5. The summed E-state index contributed by atoms with van der Waals surface area (Å²) in [5.41, 5.74) is 0.965. The molecule has 0 bridgehead atoms. The fraction of sp³-hybridized carbons (Fsp3) is 0.526. The van der Waals surface area contributed by atoms with E-state index in [1.807, 2.05) is 24.3 Å². The molecule has 146 valence electrons. The van der Waals surface area contributed by atoms with E-state index >= 15 is 0 Å². The van der Waals surface area contributed by atoms with Crippen LogP contribution in [0.5, 0.6) is 5.75 Å². The first kappa shape index (κ1) is 18.5. The smallest absolute Gasteiger partial charge is 0.246 e. The van der Waals surface area contributed by atoms with Crippen molar-refractivity contribution in [2.45, 2.75) is 42.7 Å². The highest BCUT2D eigenvalue weighted by atomic mass is 32.2. The third-order valence-electron chi connectivity index (χ3n) is 5.43. The van der Waals surface area contributed by atoms with Crippen molar-refractivity contribution in [1.82, 2.24) is 14.1 Å². The van der Waals surface area contributed by atoms with Gasteiger partial charge in [0.1, 0.15) is 10.6 Å². The SMILES string of the molecule is COc1cccc([C@H]2CCCN2S(=O)(=O)c2cnn(C3CCOCC3)c2)c1. The number of hydrogen-bond donors (Lipinski definition) is 0. The van der Waals surface area contributed by atoms with Crippen molar-refractivity contribution in [3.05, 3.63) is 42.2 Å². The van der Waals surface area contributed by atoms with Crippen LogP contribution in [0.15, 0.2) is 41.6 Å². The Labute approximate surface area is 159 Å². The van der Waals surface area contributed by atoms with E-state index in [-0.39, 0.29) is 17.0 Å². The van der Waals surface area contributed by atoms with Crippen LogP contribution in [-0.4, -0.2) is 49.4 Å². The lowest BCUT2D eigenvalue weighted by atomic mass is 10.1. The van der Waals surface area contributed by atoms with E-state index in [1.54, 1.807) is 22.3 Å². The third kappa shape index (κ3) is 3.61. The molecule has 0 radical (unpaired) electrons. The summed E-state index contributed by atoms with van der Waals surface area (Å²) in [5.74, 6) is 0.740. The number of nitrogens with zero attached hydrogens (tertiary/aromatic N) is 3. The molecule has 3 heterocycles. The standard InChI is InChI=1S/C19H25N3O4S/c1-25-17-5-2-4-15(12-17)19-6-3-9-22(19)27(23,24)18-13-20-21(14-18)16-7-10-26-11-8-16/h2,4-5,12-14,16,19H,3,6-11H2,1H3/t19-/m1/s1. The van der Waals surface area contributed by atoms with Gasteiger partial charge in [0, 0.05) is 26.0 Å². The number of ether oxygens (including phenoxy) is 2. The molecule has 4 rings (SSSR count). The minimum Gasteiger partial charge on any atom is -0.497 e. The third-order valence-corrected chi connectivity index (χ3v) is 7.29. The van der Waals surface area contributed by atoms with Crippen molar-refractivity contribution in [3.63, 3.8) is 0 Å². The maximum atomic E-state index is 13.3. The summed E-state index contributed by atoms with van der Waals surface area (Å²) in [7, 11) is -1.98. The second-order valence-electron chi connectivity index (χ2n) is 7.05. The lowest BCUT2D eigenvalue weighted by Gasteiger charge is -2.24. The average Bonchev–Trinajstić information content (AvgIpc) is 3.39. The Morgan fingerprint density at radius 3 is 2.81 bits per heavy atom. The van der Waals surface area contributed by atoms with Crippen LogP contribution >= 0.6 is 0 Å². The van der Waals surface area contributed by atoms with Gasteiger partial charge in [0.05, 0.1) is 25.4 Å². The first-order valence-corrected chi connectivity index (χ1v) is 10.8. The Hall–Kier alpha value is -1.90. The Morgan fingerprint density at radius 2 is 2.04 bits per heavy atom. The van der Waals surface area contributed by atoms with Gasteiger partial charge in [0.25, 0.3) is 0 Å². The molecule has 0 saturated carbocycles. The maximum Gasteiger partial charge on any atom is 0.246 e. The van der Waals surface area contributed by atoms with Crippen LogP contribution < -0.4 is 4.74 Å². The molecular formula is C19H25N3O4S. The highest BCUT2D eigenvalue weighted by Gasteiger charge is 2.37. The lowest BCUT2D eigenvalue weighted by molar-refractivity contribution is 0.0662. The van der Waals surface area contributed by atoms with E-state index in [1.165, 1.54) is 6.20 Å². The topological polar surface area (TPSA) is 73.7 Å². The van der Waals surface area contributed by atoms with Gasteiger partial charge in [-0.15, -0.1) is 0 Å². The summed E-state index contributed by atoms with van der Waals surface area (Å²) in [4.78, 5) is 0.267. The molecule has 0 spiro atoms. The summed E-state index contributed by atoms with van der Waals surface area (Å²) in [5, 5.41) is 4.34. The van der Waals surface area contributed by atoms with E-state index in [9.17, 15) is 8.42 Å². The fourth-order valence-corrected chi connectivity index (χ4v) is 5.57. The van der Waals surface area contributed by atoms with E-state index in [2.05, 4.69) is 5.10 Å². The maximum absolute atomic E-state index is 13.3. The minimum atomic E-state index is -3.60. The molecule has 1 atom stereocenters. The van der Waals surface area contributed by atoms with Gasteiger partial charge in [-0.2, -0.15) is 9.40 Å². The molecule has 7 nitrogen and oxygen atoms in total. The van der Waals surface area contributed by atoms with Crippen LogP contribution in [0, 0.1) is 0 Å². The summed E-state index contributed by atoms with van der Waals surface area (Å²) >= 11 is 0. The molecule has 1 aromatic carbocycles. The average molecular weight is 391 g/mol. The number of benzene rings is 1. The van der Waals surface area contributed by atoms with Crippen LogP contribution in [-0.2, 0) is 14.8 Å². The van der Waals surface area contributed by atoms with Gasteiger partial charge in [-0.1, -0.05) is 12.1 Å². The van der Waals surface area contributed by atoms with Crippen LogP contribution in [0.25, 0.3) is 0 Å². The molecule has 2 aromatic rings. The van der Waals surface area contributed by atoms with Gasteiger partial charge in [0.15, 0.2) is 0 Å². The second-order valence-corrected chi connectivity index (χ2v) is 8.94. The minimum absolute atomic E-state index is 0.170. The zero-order chi connectivity index (χ0) is 18.9. The van der Waals surface area contributed by atoms with Crippen LogP contribution in [0.4, 0.5) is 0 Å². The zero-order valence-corrected chi connectivity index (χ0v) is 16.3. The highest BCUT2D eigenvalue weighted by molar-refractivity contribution is 7.89. The number of sulfonamides is 1. The number of hydrogen-bond acceptors (Lipinski definition) is 5. The zero-order valence-electron chi connectivity index (χ0n) is 15.5. The molecule has 0 aliphatic carbocycles. The second kappa shape index (κ2) is 7.61. The number of aromatic nitrogens is 2. The fourth-order valence-electron chi connectivity index (χ4n) is 3.95. The van der Waals surface area contributed by atoms with Crippen molar-refractivity contribution in [2.75, 3.05) is 26.9 Å². The summed E-state index contributed by atoms with van der Waals surface area (Å²) in [6, 6.07) is 7.69. The van der Waals surface area contributed by atoms with E-state index in [4.69, 9.17) is 9.47 Å². The van der Waals surface area contributed by atoms with Gasteiger partial charge in [-0.25, -0.2) is 8.42 Å². The summed E-state index contributed by atoms with van der Waals surface area (Å²) in [6.45, 7) is 1.90. The normalized spacial score (nSPS) is 22.2. The van der Waals surface area contributed by atoms with Gasteiger partial charge >= 0.3 is 0 Å². The quantitative estimate of drug-likeness (QED) is 0.784. The molecule has 2 fully saturated rings. The van der Waals surface area contributed by atoms with Crippen LogP contribution in [0.3, 0.4) is 0 Å². The van der Waals surface area contributed by atoms with Gasteiger partial charge in [-0.3, -0.25) is 4.68 Å². The summed E-state index contributed by atoms with van der Waals surface area (Å²) in [6.07, 6.45) is 6.52. The van der Waals surface area contributed by atoms with Crippen molar-refractivity contribution >= 4 is 10.0 Å².